The molecule has 0 amide bonds. The number of hydrogen-bond acceptors (Lipinski definition) is 11. The van der Waals surface area contributed by atoms with Gasteiger partial charge in [-0.05, 0) is 49.6 Å². The number of aliphatic hydroxyl groups is 3. The Morgan fingerprint density at radius 3 is 2.46 bits per heavy atom. The molecule has 0 radical (unpaired) electrons. The van der Waals surface area contributed by atoms with Gasteiger partial charge in [0.05, 0.1) is 25.0 Å². The van der Waals surface area contributed by atoms with Gasteiger partial charge in [0.2, 0.25) is 0 Å². The summed E-state index contributed by atoms with van der Waals surface area (Å²) >= 11 is 0. The van der Waals surface area contributed by atoms with E-state index in [1.807, 2.05) is 6.08 Å². The van der Waals surface area contributed by atoms with Crippen LogP contribution in [-0.2, 0) is 19.9 Å². The zero-order valence-electron chi connectivity index (χ0n) is 21.6. The second kappa shape index (κ2) is 9.76. The van der Waals surface area contributed by atoms with Gasteiger partial charge in [0.25, 0.3) is 0 Å². The molecular formula is C28H31NO10. The van der Waals surface area contributed by atoms with Crippen LogP contribution in [0.1, 0.15) is 43.4 Å². The minimum absolute atomic E-state index is 0.0504. The summed E-state index contributed by atoms with van der Waals surface area (Å²) in [6.45, 7) is 1.83. The lowest BCUT2D eigenvalue weighted by atomic mass is 9.78. The van der Waals surface area contributed by atoms with Gasteiger partial charge in [-0.3, -0.25) is 4.79 Å². The summed E-state index contributed by atoms with van der Waals surface area (Å²) in [6, 6.07) is 6.30. The van der Waals surface area contributed by atoms with Crippen LogP contribution in [0.4, 0.5) is 5.69 Å². The first-order chi connectivity index (χ1) is 18.5. The lowest BCUT2D eigenvalue weighted by molar-refractivity contribution is -0.278. The van der Waals surface area contributed by atoms with E-state index in [4.69, 9.17) is 14.2 Å². The lowest BCUT2D eigenvalue weighted by Gasteiger charge is -2.48. The minimum Gasteiger partial charge on any atom is -0.507 e. The van der Waals surface area contributed by atoms with Crippen molar-refractivity contribution in [2.24, 2.45) is 0 Å². The lowest BCUT2D eigenvalue weighted by Crippen LogP contribution is -2.63. The molecule has 2 aromatic carbocycles. The second-order valence-corrected chi connectivity index (χ2v) is 10.1. The van der Waals surface area contributed by atoms with Gasteiger partial charge in [-0.25, -0.2) is 0 Å². The SMILES string of the molecule is COc1ccc(C2=CC(=C3CC3)c3c(cc(O)c([C@]4(C)O[C@H](CO)[C@@H](OC(C)=O)[C@H](O)[C@@H]4O)c3O)N2)cc1O. The number of aromatic hydroxyl groups is 3. The molecule has 2 aromatic rings. The van der Waals surface area contributed by atoms with Gasteiger partial charge < -0.3 is 50.2 Å². The number of rotatable bonds is 5. The fraction of sp³-hybridized carbons (Fsp3) is 0.393. The van der Waals surface area contributed by atoms with Gasteiger partial charge in [-0.2, -0.15) is 0 Å². The number of methoxy groups -OCH3 is 1. The van der Waals surface area contributed by atoms with Gasteiger partial charge in [-0.15, -0.1) is 0 Å². The molecule has 0 aromatic heterocycles. The molecule has 11 nitrogen and oxygen atoms in total. The number of carbonyl (C=O) groups is 1. The number of anilines is 1. The highest BCUT2D eigenvalue weighted by molar-refractivity contribution is 6.02. The standard InChI is InChI=1S/C28H31NO10/c1-12(31)38-26-21(11-30)39-28(2,27(36)25(26)35)23-19(33)10-17-22(24(23)34)15(13-4-5-13)9-16(29-17)14-6-7-20(37-3)18(32)8-14/h6-10,21,25-27,29-30,32-36H,4-5,11H2,1-3H3/t21-,25+,26-,27+,28+/m1/s1. The Kier molecular flexibility index (Phi) is 6.71. The van der Waals surface area contributed by atoms with Crippen LogP contribution in [0.3, 0.4) is 0 Å². The molecule has 11 heteroatoms. The first kappa shape index (κ1) is 26.8. The largest absolute Gasteiger partial charge is 0.507 e. The Morgan fingerprint density at radius 1 is 1.15 bits per heavy atom. The van der Waals surface area contributed by atoms with Crippen molar-refractivity contribution in [1.29, 1.82) is 0 Å². The predicted molar refractivity (Wildman–Crippen MR) is 139 cm³/mol. The average molecular weight is 542 g/mol. The molecule has 2 aliphatic heterocycles. The van der Waals surface area contributed by atoms with Crippen LogP contribution in [0.5, 0.6) is 23.0 Å². The fourth-order valence-electron chi connectivity index (χ4n) is 5.40. The van der Waals surface area contributed by atoms with E-state index in [0.717, 1.165) is 25.3 Å². The van der Waals surface area contributed by atoms with E-state index in [9.17, 15) is 35.4 Å². The van der Waals surface area contributed by atoms with E-state index >= 15 is 0 Å². The van der Waals surface area contributed by atoms with E-state index in [1.54, 1.807) is 12.1 Å². The van der Waals surface area contributed by atoms with Crippen LogP contribution in [0.2, 0.25) is 0 Å². The van der Waals surface area contributed by atoms with Crippen LogP contribution in [0.15, 0.2) is 35.9 Å². The summed E-state index contributed by atoms with van der Waals surface area (Å²) in [5.41, 5.74) is 1.68. The number of esters is 1. The van der Waals surface area contributed by atoms with Crippen LogP contribution in [0.25, 0.3) is 11.3 Å². The number of phenolic OH excluding ortho intramolecular Hbond substituents is 3. The molecular weight excluding hydrogens is 510 g/mol. The van der Waals surface area contributed by atoms with Crippen molar-refractivity contribution in [3.8, 4) is 23.0 Å². The Labute approximate surface area is 224 Å². The van der Waals surface area contributed by atoms with E-state index in [0.29, 0.717) is 33.8 Å². The van der Waals surface area contributed by atoms with E-state index in [-0.39, 0.29) is 17.1 Å². The maximum absolute atomic E-state index is 11.6. The number of hydrogen-bond donors (Lipinski definition) is 7. The van der Waals surface area contributed by atoms with Gasteiger partial charge in [0.15, 0.2) is 17.6 Å². The second-order valence-electron chi connectivity index (χ2n) is 10.1. The molecule has 0 bridgehead atoms. The van der Waals surface area contributed by atoms with Crippen LogP contribution < -0.4 is 10.1 Å². The number of benzene rings is 2. The van der Waals surface area contributed by atoms with Gasteiger partial charge >= 0.3 is 5.97 Å². The Hall–Kier alpha value is -3.77. The molecule has 5 atom stereocenters. The summed E-state index contributed by atoms with van der Waals surface area (Å²) in [5.74, 6) is -1.29. The Balaban J connectivity index is 1.60. The number of aliphatic hydroxyl groups excluding tert-OH is 3. The molecule has 3 aliphatic rings. The topological polar surface area (TPSA) is 178 Å². The Bertz CT molecular complexity index is 1390. The van der Waals surface area contributed by atoms with Crippen molar-refractivity contribution in [2.45, 2.75) is 56.7 Å². The van der Waals surface area contributed by atoms with Crippen LogP contribution >= 0.6 is 0 Å². The molecule has 39 heavy (non-hydrogen) atoms. The molecule has 7 N–H and O–H groups in total. The van der Waals surface area contributed by atoms with Crippen molar-refractivity contribution in [2.75, 3.05) is 19.0 Å². The maximum Gasteiger partial charge on any atom is 0.303 e. The number of carbonyl (C=O) groups excluding carboxylic acids is 1. The summed E-state index contributed by atoms with van der Waals surface area (Å²) in [6.07, 6.45) is -2.62. The molecule has 1 saturated heterocycles. The highest BCUT2D eigenvalue weighted by Crippen LogP contribution is 2.54. The summed E-state index contributed by atoms with van der Waals surface area (Å²) in [5, 5.41) is 68.0. The first-order valence-electron chi connectivity index (χ1n) is 12.5. The van der Waals surface area contributed by atoms with Gasteiger partial charge in [-0.1, -0.05) is 5.57 Å². The zero-order chi connectivity index (χ0) is 28.2. The molecule has 208 valence electrons. The highest BCUT2D eigenvalue weighted by atomic mass is 16.6. The summed E-state index contributed by atoms with van der Waals surface area (Å²) in [4.78, 5) is 11.5. The molecule has 2 heterocycles. The van der Waals surface area contributed by atoms with Crippen molar-refractivity contribution in [1.82, 2.24) is 0 Å². The summed E-state index contributed by atoms with van der Waals surface area (Å²) < 4.78 is 16.2. The molecule has 0 unspecified atom stereocenters. The van der Waals surface area contributed by atoms with Gasteiger partial charge in [0.1, 0.15) is 35.4 Å². The van der Waals surface area contributed by atoms with Crippen molar-refractivity contribution in [3.05, 3.63) is 52.6 Å². The average Bonchev–Trinajstić information content (AvgIpc) is 3.73. The van der Waals surface area contributed by atoms with E-state index < -0.39 is 48.3 Å². The van der Waals surface area contributed by atoms with E-state index in [2.05, 4.69) is 5.32 Å². The van der Waals surface area contributed by atoms with Crippen molar-refractivity contribution < 1.29 is 49.6 Å². The smallest absolute Gasteiger partial charge is 0.303 e. The third-order valence-corrected chi connectivity index (χ3v) is 7.44. The normalized spacial score (nSPS) is 27.8. The molecule has 5 rings (SSSR count). The monoisotopic (exact) mass is 541 g/mol. The highest BCUT2D eigenvalue weighted by Gasteiger charge is 2.55. The number of nitrogens with one attached hydrogen (secondary N) is 1. The summed E-state index contributed by atoms with van der Waals surface area (Å²) in [7, 11) is 1.45. The quantitative estimate of drug-likeness (QED) is 0.276. The third kappa shape index (κ3) is 4.47. The van der Waals surface area contributed by atoms with Crippen LogP contribution in [-0.4, -0.2) is 74.7 Å². The number of phenols is 3. The number of ether oxygens (including phenoxy) is 3. The predicted octanol–water partition coefficient (Wildman–Crippen LogP) is 2.09. The molecule has 1 aliphatic carbocycles. The van der Waals surface area contributed by atoms with Crippen molar-refractivity contribution in [3.63, 3.8) is 0 Å². The van der Waals surface area contributed by atoms with Crippen LogP contribution in [0, 0.1) is 0 Å². The van der Waals surface area contributed by atoms with E-state index in [1.165, 1.54) is 26.2 Å². The molecule has 1 saturated carbocycles. The molecule has 2 fully saturated rings. The van der Waals surface area contributed by atoms with Gasteiger partial charge in [0, 0.05) is 29.8 Å². The number of allylic oxidation sites excluding steroid dienone is 3. The zero-order valence-corrected chi connectivity index (χ0v) is 21.6. The third-order valence-electron chi connectivity index (χ3n) is 7.44. The maximum atomic E-state index is 11.6. The molecule has 0 spiro atoms. The minimum atomic E-state index is -1.89. The Morgan fingerprint density at radius 2 is 1.87 bits per heavy atom. The first-order valence-corrected chi connectivity index (χ1v) is 12.5. The fourth-order valence-corrected chi connectivity index (χ4v) is 5.40. The van der Waals surface area contributed by atoms with Crippen molar-refractivity contribution >= 4 is 22.9 Å². The number of fused-ring (bicyclic) bond motifs is 1.